The first-order valence-corrected chi connectivity index (χ1v) is 14.1. The minimum absolute atomic E-state index is 0.00673. The van der Waals surface area contributed by atoms with Gasteiger partial charge in [-0.1, -0.05) is 68.1 Å². The highest BCUT2D eigenvalue weighted by atomic mass is 16.7. The molecule has 2 N–H and O–H groups in total. The normalized spacial score (nSPS) is 26.4. The number of aliphatic hydroxyl groups excluding tert-OH is 1. The number of aliphatic hydroxyl groups is 1. The second kappa shape index (κ2) is 13.2. The number of nitrogens with zero attached hydrogens (tertiary/aromatic N) is 1. The Kier molecular flexibility index (Phi) is 9.52. The number of likely N-dealkylation sites (tertiary alicyclic amines) is 1. The molecule has 5 rings (SSSR count). The first-order valence-electron chi connectivity index (χ1n) is 14.1. The second-order valence-corrected chi connectivity index (χ2v) is 10.7. The van der Waals surface area contributed by atoms with E-state index in [1.54, 1.807) is 0 Å². The van der Waals surface area contributed by atoms with Crippen LogP contribution >= 0.6 is 0 Å². The zero-order valence-corrected chi connectivity index (χ0v) is 23.1. The molecule has 0 unspecified atom stereocenters. The second-order valence-electron chi connectivity index (χ2n) is 10.7. The van der Waals surface area contributed by atoms with Gasteiger partial charge in [0.15, 0.2) is 12.1 Å². The van der Waals surface area contributed by atoms with E-state index in [1.165, 1.54) is 6.08 Å². The van der Waals surface area contributed by atoms with Crippen LogP contribution in [0.4, 0.5) is 4.79 Å². The zero-order chi connectivity index (χ0) is 28.0. The third-order valence-corrected chi connectivity index (χ3v) is 8.01. The van der Waals surface area contributed by atoms with E-state index in [1.807, 2.05) is 48.5 Å². The SMILES string of the molecule is C=CCOC(=O)NCc1ccc([C@H]2O[C@@H](CN3CCC4(CC3)OCCO4)[C@@H](C)[C@@H](c3ccc(CO)cc3)O2)cc1. The number of benzene rings is 2. The molecule has 1 spiro atoms. The van der Waals surface area contributed by atoms with Crippen molar-refractivity contribution in [2.24, 2.45) is 5.92 Å². The van der Waals surface area contributed by atoms with E-state index in [0.29, 0.717) is 19.8 Å². The maximum Gasteiger partial charge on any atom is 0.407 e. The highest BCUT2D eigenvalue weighted by Crippen LogP contribution is 2.42. The number of hydrogen-bond acceptors (Lipinski definition) is 8. The molecule has 0 aromatic heterocycles. The summed E-state index contributed by atoms with van der Waals surface area (Å²) in [6, 6.07) is 15.8. The Hall–Kier alpha value is -2.79. The van der Waals surface area contributed by atoms with Crippen molar-refractivity contribution in [3.63, 3.8) is 0 Å². The van der Waals surface area contributed by atoms with Crippen molar-refractivity contribution < 1.29 is 33.6 Å². The lowest BCUT2D eigenvalue weighted by molar-refractivity contribution is -0.278. The fourth-order valence-corrected chi connectivity index (χ4v) is 5.60. The van der Waals surface area contributed by atoms with E-state index in [-0.39, 0.29) is 31.3 Å². The minimum Gasteiger partial charge on any atom is -0.445 e. The van der Waals surface area contributed by atoms with Crippen LogP contribution in [-0.4, -0.2) is 67.4 Å². The van der Waals surface area contributed by atoms with Gasteiger partial charge in [0, 0.05) is 50.5 Å². The first-order chi connectivity index (χ1) is 19.5. The fourth-order valence-electron chi connectivity index (χ4n) is 5.60. The van der Waals surface area contributed by atoms with Crippen molar-refractivity contribution >= 4 is 6.09 Å². The first kappa shape index (κ1) is 28.7. The molecule has 3 aliphatic heterocycles. The lowest BCUT2D eigenvalue weighted by Crippen LogP contribution is -2.50. The van der Waals surface area contributed by atoms with E-state index < -0.39 is 18.2 Å². The Bertz CT molecular complexity index is 1110. The molecule has 2 aromatic rings. The summed E-state index contributed by atoms with van der Waals surface area (Å²) in [5, 5.41) is 12.2. The molecule has 3 heterocycles. The van der Waals surface area contributed by atoms with Gasteiger partial charge in [0.05, 0.1) is 32.0 Å². The number of piperidine rings is 1. The maximum absolute atomic E-state index is 11.8. The molecule has 0 radical (unpaired) electrons. The predicted octanol–water partition coefficient (Wildman–Crippen LogP) is 4.22. The van der Waals surface area contributed by atoms with E-state index >= 15 is 0 Å². The molecule has 9 heteroatoms. The Labute approximate surface area is 236 Å². The molecule has 3 aliphatic rings. The van der Waals surface area contributed by atoms with Crippen molar-refractivity contribution in [2.45, 2.75) is 57.2 Å². The summed E-state index contributed by atoms with van der Waals surface area (Å²) >= 11 is 0. The highest BCUT2D eigenvalue weighted by Gasteiger charge is 2.43. The molecule has 3 fully saturated rings. The van der Waals surface area contributed by atoms with Crippen LogP contribution < -0.4 is 5.32 Å². The Morgan fingerprint density at radius 3 is 2.35 bits per heavy atom. The van der Waals surface area contributed by atoms with Gasteiger partial charge in [-0.25, -0.2) is 4.79 Å². The van der Waals surface area contributed by atoms with Crippen molar-refractivity contribution in [1.29, 1.82) is 0 Å². The quantitative estimate of drug-likeness (QED) is 0.447. The van der Waals surface area contributed by atoms with Gasteiger partial charge in [0.1, 0.15) is 6.61 Å². The number of alkyl carbamates (subject to hydrolysis) is 1. The Morgan fingerprint density at radius 1 is 1.05 bits per heavy atom. The summed E-state index contributed by atoms with van der Waals surface area (Å²) in [5.41, 5.74) is 3.78. The minimum atomic E-state index is -0.541. The molecule has 0 saturated carbocycles. The number of rotatable bonds is 9. The highest BCUT2D eigenvalue weighted by molar-refractivity contribution is 5.67. The number of nitrogens with one attached hydrogen (secondary N) is 1. The summed E-state index contributed by atoms with van der Waals surface area (Å²) in [6.07, 6.45) is 2.00. The lowest BCUT2D eigenvalue weighted by Gasteiger charge is -2.44. The third-order valence-electron chi connectivity index (χ3n) is 8.01. The van der Waals surface area contributed by atoms with Crippen molar-refractivity contribution in [1.82, 2.24) is 10.2 Å². The average Bonchev–Trinajstić information content (AvgIpc) is 3.45. The fraction of sp³-hybridized carbons (Fsp3) is 0.516. The van der Waals surface area contributed by atoms with Crippen LogP contribution in [-0.2, 0) is 36.8 Å². The molecule has 3 saturated heterocycles. The molecular formula is C31H40N2O7. The number of carbonyl (C=O) groups excluding carboxylic acids is 1. The van der Waals surface area contributed by atoms with Gasteiger partial charge in [-0.15, -0.1) is 0 Å². The molecule has 216 valence electrons. The summed E-state index contributed by atoms with van der Waals surface area (Å²) < 4.78 is 30.0. The standard InChI is InChI=1S/C31H40N2O7/c1-3-16-36-30(35)32-19-23-4-10-26(11-5-23)29-39-27(20-33-14-12-31(13-15-33)37-17-18-38-31)22(2)28(40-29)25-8-6-24(21-34)7-9-25/h3-11,22,27-29,34H,1,12-21H2,2H3,(H,32,35)/t22-,27+,28+,29+/m1/s1. The van der Waals surface area contributed by atoms with Crippen LogP contribution in [0.25, 0.3) is 0 Å². The van der Waals surface area contributed by atoms with Crippen LogP contribution in [0.1, 0.15) is 54.4 Å². The maximum atomic E-state index is 11.8. The third kappa shape index (κ3) is 6.91. The molecule has 0 aliphatic carbocycles. The van der Waals surface area contributed by atoms with Crippen LogP contribution in [0.2, 0.25) is 0 Å². The van der Waals surface area contributed by atoms with Gasteiger partial charge in [-0.05, 0) is 16.7 Å². The molecule has 4 atom stereocenters. The monoisotopic (exact) mass is 552 g/mol. The summed E-state index contributed by atoms with van der Waals surface area (Å²) in [5.74, 6) is -0.298. The summed E-state index contributed by atoms with van der Waals surface area (Å²) in [4.78, 5) is 14.2. The molecular weight excluding hydrogens is 512 g/mol. The van der Waals surface area contributed by atoms with Gasteiger partial charge in [0.25, 0.3) is 0 Å². The van der Waals surface area contributed by atoms with E-state index in [4.69, 9.17) is 23.7 Å². The summed E-state index contributed by atoms with van der Waals surface area (Å²) in [7, 11) is 0. The average molecular weight is 553 g/mol. The van der Waals surface area contributed by atoms with Crippen LogP contribution in [0.3, 0.4) is 0 Å². The Morgan fingerprint density at radius 2 is 1.70 bits per heavy atom. The van der Waals surface area contributed by atoms with Gasteiger partial charge in [0.2, 0.25) is 0 Å². The van der Waals surface area contributed by atoms with Crippen LogP contribution in [0, 0.1) is 5.92 Å². The predicted molar refractivity (Wildman–Crippen MR) is 148 cm³/mol. The van der Waals surface area contributed by atoms with Crippen molar-refractivity contribution in [3.8, 4) is 0 Å². The van der Waals surface area contributed by atoms with Gasteiger partial charge in [-0.3, -0.25) is 0 Å². The largest absolute Gasteiger partial charge is 0.445 e. The molecule has 0 bridgehead atoms. The number of carbonyl (C=O) groups is 1. The topological polar surface area (TPSA) is 98.7 Å². The van der Waals surface area contributed by atoms with Crippen LogP contribution in [0.5, 0.6) is 0 Å². The molecule has 1 amide bonds. The van der Waals surface area contributed by atoms with E-state index in [0.717, 1.165) is 54.7 Å². The number of ether oxygens (including phenoxy) is 5. The van der Waals surface area contributed by atoms with Gasteiger partial charge >= 0.3 is 6.09 Å². The zero-order valence-electron chi connectivity index (χ0n) is 23.1. The van der Waals surface area contributed by atoms with Gasteiger partial charge in [-0.2, -0.15) is 0 Å². The number of amides is 1. The number of hydrogen-bond donors (Lipinski definition) is 2. The Balaban J connectivity index is 1.28. The lowest BCUT2D eigenvalue weighted by atomic mass is 9.89. The van der Waals surface area contributed by atoms with Crippen molar-refractivity contribution in [2.75, 3.05) is 39.5 Å². The molecule has 2 aromatic carbocycles. The van der Waals surface area contributed by atoms with Gasteiger partial charge < -0.3 is 39.0 Å². The molecule has 40 heavy (non-hydrogen) atoms. The molecule has 9 nitrogen and oxygen atoms in total. The van der Waals surface area contributed by atoms with Crippen LogP contribution in [0.15, 0.2) is 61.2 Å². The van der Waals surface area contributed by atoms with E-state index in [9.17, 15) is 9.90 Å². The van der Waals surface area contributed by atoms with E-state index in [2.05, 4.69) is 23.7 Å². The van der Waals surface area contributed by atoms with Crippen molar-refractivity contribution in [3.05, 3.63) is 83.4 Å². The smallest absolute Gasteiger partial charge is 0.407 e. The summed E-state index contributed by atoms with van der Waals surface area (Å²) in [6.45, 7) is 10.2.